The predicted octanol–water partition coefficient (Wildman–Crippen LogP) is 5.09. The van der Waals surface area contributed by atoms with E-state index in [9.17, 15) is 4.79 Å². The number of hydrogen-bond donors (Lipinski definition) is 3. The third-order valence-corrected chi connectivity index (χ3v) is 6.67. The minimum atomic E-state index is -0.0911. The smallest absolute Gasteiger partial charge is 0.229 e. The summed E-state index contributed by atoms with van der Waals surface area (Å²) < 4.78 is 1.78. The molecule has 0 spiro atoms. The zero-order chi connectivity index (χ0) is 26.2. The Kier molecular flexibility index (Phi) is 8.85. The third-order valence-electron chi connectivity index (χ3n) is 6.67. The summed E-state index contributed by atoms with van der Waals surface area (Å²) in [6.07, 6.45) is 9.66. The van der Waals surface area contributed by atoms with Crippen LogP contribution >= 0.6 is 0 Å². The maximum Gasteiger partial charge on any atom is 0.229 e. The molecule has 0 saturated heterocycles. The number of amides is 1. The first kappa shape index (κ1) is 26.3. The van der Waals surface area contributed by atoms with Crippen molar-refractivity contribution in [2.45, 2.75) is 57.9 Å². The fraction of sp³-hybridized carbons (Fsp3) is 0.379. The van der Waals surface area contributed by atoms with Crippen LogP contribution in [0.4, 0.5) is 11.8 Å². The van der Waals surface area contributed by atoms with Gasteiger partial charge in [-0.25, -0.2) is 9.97 Å². The van der Waals surface area contributed by atoms with Crippen LogP contribution in [0.15, 0.2) is 54.7 Å². The van der Waals surface area contributed by atoms with Crippen molar-refractivity contribution in [2.24, 2.45) is 12.8 Å². The van der Waals surface area contributed by atoms with Crippen LogP contribution in [0.5, 0.6) is 0 Å². The van der Waals surface area contributed by atoms with Crippen LogP contribution in [0.25, 0.3) is 22.2 Å². The Morgan fingerprint density at radius 3 is 2.51 bits per heavy atom. The van der Waals surface area contributed by atoms with Crippen molar-refractivity contribution in [3.05, 3.63) is 65.9 Å². The quantitative estimate of drug-likeness (QED) is 0.341. The van der Waals surface area contributed by atoms with Gasteiger partial charge in [-0.15, -0.1) is 0 Å². The molecule has 2 heterocycles. The Bertz CT molecular complexity index is 1330. The minimum Gasteiger partial charge on any atom is -0.357 e. The lowest BCUT2D eigenvalue weighted by molar-refractivity contribution is -0.115. The van der Waals surface area contributed by atoms with Crippen molar-refractivity contribution >= 4 is 28.6 Å². The van der Waals surface area contributed by atoms with E-state index in [0.29, 0.717) is 24.2 Å². The predicted molar refractivity (Wildman–Crippen MR) is 151 cm³/mol. The molecule has 1 saturated carbocycles. The molecule has 5 rings (SSSR count). The molecule has 2 aromatic heterocycles. The molecule has 4 N–H and O–H groups in total. The zero-order valence-corrected chi connectivity index (χ0v) is 22.0. The van der Waals surface area contributed by atoms with Crippen molar-refractivity contribution in [3.8, 4) is 11.3 Å². The average Bonchev–Trinajstić information content (AvgIpc) is 3.28. The molecule has 1 aliphatic carbocycles. The fourth-order valence-corrected chi connectivity index (χ4v) is 4.66. The number of aryl methyl sites for hydroxylation is 2. The lowest BCUT2D eigenvalue weighted by Crippen LogP contribution is -2.22. The largest absolute Gasteiger partial charge is 0.357 e. The molecule has 1 aliphatic rings. The SMILES string of the molecule is CCc1cc(-c2cc(NC(=O)Cc3ccccc3)nn2C)cc2cnc(NC)nc12.NC1CCCCC1. The molecular weight excluding hydrogens is 462 g/mol. The van der Waals surface area contributed by atoms with Gasteiger partial charge >= 0.3 is 0 Å². The molecule has 0 atom stereocenters. The Balaban J connectivity index is 0.000000396. The van der Waals surface area contributed by atoms with Gasteiger partial charge in [0.1, 0.15) is 0 Å². The number of rotatable bonds is 6. The van der Waals surface area contributed by atoms with Gasteiger partial charge in [-0.05, 0) is 42.5 Å². The number of aromatic nitrogens is 4. The van der Waals surface area contributed by atoms with Crippen molar-refractivity contribution in [2.75, 3.05) is 17.7 Å². The summed E-state index contributed by atoms with van der Waals surface area (Å²) >= 11 is 0. The normalized spacial score (nSPS) is 13.6. The number of hydrogen-bond acceptors (Lipinski definition) is 6. The Labute approximate surface area is 218 Å². The fourth-order valence-electron chi connectivity index (χ4n) is 4.66. The van der Waals surface area contributed by atoms with Gasteiger partial charge < -0.3 is 16.4 Å². The Morgan fingerprint density at radius 2 is 1.86 bits per heavy atom. The summed E-state index contributed by atoms with van der Waals surface area (Å²) in [4.78, 5) is 21.3. The van der Waals surface area contributed by atoms with Crippen LogP contribution in [0.1, 0.15) is 50.2 Å². The van der Waals surface area contributed by atoms with E-state index in [-0.39, 0.29) is 5.91 Å². The second kappa shape index (κ2) is 12.5. The molecule has 194 valence electrons. The van der Waals surface area contributed by atoms with Gasteiger partial charge in [0.15, 0.2) is 5.82 Å². The third kappa shape index (κ3) is 6.92. The van der Waals surface area contributed by atoms with E-state index in [1.807, 2.05) is 56.7 Å². The first-order chi connectivity index (χ1) is 18.0. The van der Waals surface area contributed by atoms with E-state index in [0.717, 1.165) is 39.7 Å². The summed E-state index contributed by atoms with van der Waals surface area (Å²) in [5.41, 5.74) is 10.6. The monoisotopic (exact) mass is 499 g/mol. The number of nitrogens with one attached hydrogen (secondary N) is 2. The summed E-state index contributed by atoms with van der Waals surface area (Å²) in [6.45, 7) is 2.11. The van der Waals surface area contributed by atoms with E-state index >= 15 is 0 Å². The molecule has 0 aliphatic heterocycles. The molecule has 1 amide bonds. The lowest BCUT2D eigenvalue weighted by Gasteiger charge is -2.15. The first-order valence-corrected chi connectivity index (χ1v) is 13.1. The van der Waals surface area contributed by atoms with Crippen molar-refractivity contribution in [1.29, 1.82) is 0 Å². The number of benzene rings is 2. The highest BCUT2D eigenvalue weighted by Crippen LogP contribution is 2.29. The van der Waals surface area contributed by atoms with Gasteiger partial charge in [-0.3, -0.25) is 9.48 Å². The van der Waals surface area contributed by atoms with Gasteiger partial charge in [0.2, 0.25) is 11.9 Å². The molecule has 4 aromatic rings. The van der Waals surface area contributed by atoms with Gasteiger partial charge in [0, 0.05) is 43.4 Å². The van der Waals surface area contributed by atoms with Crippen molar-refractivity contribution in [1.82, 2.24) is 19.7 Å². The maximum atomic E-state index is 12.4. The molecule has 0 bridgehead atoms. The second-order valence-corrected chi connectivity index (χ2v) is 9.52. The van der Waals surface area contributed by atoms with E-state index in [1.54, 1.807) is 4.68 Å². The molecule has 1 fully saturated rings. The molecule has 8 nitrogen and oxygen atoms in total. The number of fused-ring (bicyclic) bond motifs is 1. The highest BCUT2D eigenvalue weighted by Gasteiger charge is 2.14. The highest BCUT2D eigenvalue weighted by molar-refractivity contribution is 5.92. The Hall–Kier alpha value is -3.78. The topological polar surface area (TPSA) is 111 Å². The van der Waals surface area contributed by atoms with E-state index in [4.69, 9.17) is 5.73 Å². The second-order valence-electron chi connectivity index (χ2n) is 9.52. The van der Waals surface area contributed by atoms with Gasteiger partial charge in [-0.1, -0.05) is 56.5 Å². The number of carbonyl (C=O) groups excluding carboxylic acids is 1. The van der Waals surface area contributed by atoms with Crippen LogP contribution in [0, 0.1) is 0 Å². The lowest BCUT2D eigenvalue weighted by atomic mass is 9.97. The maximum absolute atomic E-state index is 12.4. The number of nitrogens with zero attached hydrogens (tertiary/aromatic N) is 4. The molecular formula is C29H37N7O. The Morgan fingerprint density at radius 1 is 1.11 bits per heavy atom. The zero-order valence-electron chi connectivity index (χ0n) is 22.0. The van der Waals surface area contributed by atoms with E-state index in [2.05, 4.69) is 44.8 Å². The van der Waals surface area contributed by atoms with Crippen molar-refractivity contribution in [3.63, 3.8) is 0 Å². The van der Waals surface area contributed by atoms with Crippen LogP contribution in [0.2, 0.25) is 0 Å². The molecule has 8 heteroatoms. The number of carbonyl (C=O) groups is 1. The van der Waals surface area contributed by atoms with Gasteiger partial charge in [0.25, 0.3) is 0 Å². The number of nitrogens with two attached hydrogens (primary N) is 1. The number of anilines is 2. The molecule has 0 radical (unpaired) electrons. The summed E-state index contributed by atoms with van der Waals surface area (Å²) in [5, 5.41) is 11.3. The molecule has 2 aromatic carbocycles. The minimum absolute atomic E-state index is 0.0911. The van der Waals surface area contributed by atoms with Crippen LogP contribution < -0.4 is 16.4 Å². The molecule has 0 unspecified atom stereocenters. The van der Waals surface area contributed by atoms with E-state index < -0.39 is 0 Å². The van der Waals surface area contributed by atoms with Crippen LogP contribution in [-0.2, 0) is 24.7 Å². The highest BCUT2D eigenvalue weighted by atomic mass is 16.1. The van der Waals surface area contributed by atoms with Gasteiger partial charge in [-0.2, -0.15) is 5.10 Å². The summed E-state index contributed by atoms with van der Waals surface area (Å²) in [6, 6.07) is 16.3. The first-order valence-electron chi connectivity index (χ1n) is 13.1. The summed E-state index contributed by atoms with van der Waals surface area (Å²) in [5.74, 6) is 1.05. The van der Waals surface area contributed by atoms with Crippen LogP contribution in [0.3, 0.4) is 0 Å². The van der Waals surface area contributed by atoms with Crippen molar-refractivity contribution < 1.29 is 4.79 Å². The molecule has 37 heavy (non-hydrogen) atoms. The average molecular weight is 500 g/mol. The summed E-state index contributed by atoms with van der Waals surface area (Å²) in [7, 11) is 3.68. The standard InChI is InChI=1S/C23H24N6O.C6H13N/c1-4-16-11-17(12-18-14-25-23(24-2)27-22(16)18)19-13-20(28-29(19)3)26-21(30)10-15-8-6-5-7-9-15;7-6-4-2-1-3-5-6/h5-9,11-14H,4,10H2,1-3H3,(H,24,25,27)(H,26,28,30);6H,1-5,7H2. The van der Waals surface area contributed by atoms with Crippen LogP contribution in [-0.4, -0.2) is 38.7 Å². The van der Waals surface area contributed by atoms with E-state index in [1.165, 1.54) is 32.1 Å². The van der Waals surface area contributed by atoms with Gasteiger partial charge in [0.05, 0.1) is 17.6 Å².